The van der Waals surface area contributed by atoms with Crippen LogP contribution in [0.1, 0.15) is 39.5 Å². The third-order valence-electron chi connectivity index (χ3n) is 3.52. The van der Waals surface area contributed by atoms with Crippen LogP contribution in [-0.2, 0) is 0 Å². The second-order valence-electron chi connectivity index (χ2n) is 5.49. The molecule has 0 spiro atoms. The van der Waals surface area contributed by atoms with Crippen LogP contribution in [0.5, 0.6) is 0 Å². The molecule has 0 amide bonds. The molecule has 1 atom stereocenters. The van der Waals surface area contributed by atoms with Gasteiger partial charge < -0.3 is 5.32 Å². The number of likely N-dealkylation sites (tertiary alicyclic amines) is 1. The number of hydrogen-bond acceptors (Lipinski definition) is 3. The molecule has 1 unspecified atom stereocenters. The summed E-state index contributed by atoms with van der Waals surface area (Å²) in [7, 11) is 2.02. The molecule has 0 saturated carbocycles. The summed E-state index contributed by atoms with van der Waals surface area (Å²) < 4.78 is 0. The quantitative estimate of drug-likeness (QED) is 0.775. The van der Waals surface area contributed by atoms with Gasteiger partial charge in [0.1, 0.15) is 0 Å². The lowest BCUT2D eigenvalue weighted by Gasteiger charge is -2.36. The summed E-state index contributed by atoms with van der Waals surface area (Å²) in [6, 6.07) is 3.06. The lowest BCUT2D eigenvalue weighted by molar-refractivity contribution is 0.134. The zero-order valence-electron chi connectivity index (χ0n) is 10.9. The lowest BCUT2D eigenvalue weighted by atomic mass is 9.90. The van der Waals surface area contributed by atoms with E-state index in [1.807, 2.05) is 20.9 Å². The first-order valence-electron chi connectivity index (χ1n) is 6.39. The maximum absolute atomic E-state index is 9.01. The minimum atomic E-state index is -0.179. The average molecular weight is 223 g/mol. The number of nitriles is 1. The number of rotatable bonds is 5. The summed E-state index contributed by atoms with van der Waals surface area (Å²) in [4.78, 5) is 2.55. The molecule has 1 N–H and O–H groups in total. The van der Waals surface area contributed by atoms with E-state index in [1.165, 1.54) is 25.8 Å². The molecule has 92 valence electrons. The predicted molar refractivity (Wildman–Crippen MR) is 67.1 cm³/mol. The minimum Gasteiger partial charge on any atom is -0.318 e. The van der Waals surface area contributed by atoms with Crippen LogP contribution in [0.3, 0.4) is 0 Å². The maximum Gasteiger partial charge on any atom is 0.0684 e. The van der Waals surface area contributed by atoms with E-state index >= 15 is 0 Å². The summed E-state index contributed by atoms with van der Waals surface area (Å²) in [5.74, 6) is 0. The van der Waals surface area contributed by atoms with Gasteiger partial charge in [-0.15, -0.1) is 0 Å². The van der Waals surface area contributed by atoms with Crippen molar-refractivity contribution in [2.24, 2.45) is 5.41 Å². The molecule has 1 aliphatic heterocycles. The standard InChI is InChI=1S/C13H25N3/c1-13(2,11-14)7-9-16-8-5-4-6-12(16)10-15-3/h12,15H,4-10H2,1-3H3. The number of piperidine rings is 1. The van der Waals surface area contributed by atoms with Gasteiger partial charge in [0.2, 0.25) is 0 Å². The van der Waals surface area contributed by atoms with E-state index in [4.69, 9.17) is 5.26 Å². The summed E-state index contributed by atoms with van der Waals surface area (Å²) in [5, 5.41) is 12.3. The largest absolute Gasteiger partial charge is 0.318 e. The van der Waals surface area contributed by atoms with Crippen LogP contribution in [0.4, 0.5) is 0 Å². The molecule has 1 rings (SSSR count). The Hall–Kier alpha value is -0.590. The Morgan fingerprint density at radius 1 is 1.44 bits per heavy atom. The van der Waals surface area contributed by atoms with Crippen LogP contribution in [0.2, 0.25) is 0 Å². The highest BCUT2D eigenvalue weighted by Crippen LogP contribution is 2.22. The molecule has 16 heavy (non-hydrogen) atoms. The average Bonchev–Trinajstić information content (AvgIpc) is 2.28. The van der Waals surface area contributed by atoms with Crippen molar-refractivity contribution in [3.8, 4) is 6.07 Å². The van der Waals surface area contributed by atoms with Gasteiger partial charge in [-0.25, -0.2) is 0 Å². The number of hydrogen-bond donors (Lipinski definition) is 1. The van der Waals surface area contributed by atoms with Crippen molar-refractivity contribution >= 4 is 0 Å². The Kier molecular flexibility index (Phi) is 5.24. The van der Waals surface area contributed by atoms with Crippen molar-refractivity contribution in [3.05, 3.63) is 0 Å². The van der Waals surface area contributed by atoms with Gasteiger partial charge in [0.05, 0.1) is 11.5 Å². The van der Waals surface area contributed by atoms with E-state index in [1.54, 1.807) is 0 Å². The van der Waals surface area contributed by atoms with Crippen molar-refractivity contribution in [3.63, 3.8) is 0 Å². The molecular weight excluding hydrogens is 198 g/mol. The monoisotopic (exact) mass is 223 g/mol. The Bertz CT molecular complexity index is 240. The van der Waals surface area contributed by atoms with E-state index in [2.05, 4.69) is 16.3 Å². The topological polar surface area (TPSA) is 39.1 Å². The lowest BCUT2D eigenvalue weighted by Crippen LogP contribution is -2.45. The SMILES string of the molecule is CNCC1CCCCN1CCC(C)(C)C#N. The molecule has 0 aromatic carbocycles. The Morgan fingerprint density at radius 3 is 2.81 bits per heavy atom. The fourth-order valence-corrected chi connectivity index (χ4v) is 2.30. The van der Waals surface area contributed by atoms with E-state index < -0.39 is 0 Å². The first-order chi connectivity index (χ1) is 7.59. The van der Waals surface area contributed by atoms with Crippen LogP contribution >= 0.6 is 0 Å². The second-order valence-corrected chi connectivity index (χ2v) is 5.49. The molecular formula is C13H25N3. The minimum absolute atomic E-state index is 0.179. The van der Waals surface area contributed by atoms with Gasteiger partial charge in [-0.1, -0.05) is 6.42 Å². The Labute approximate surface area is 99.8 Å². The van der Waals surface area contributed by atoms with Gasteiger partial charge in [-0.05, 0) is 53.2 Å². The first kappa shape index (κ1) is 13.5. The van der Waals surface area contributed by atoms with Crippen molar-refractivity contribution < 1.29 is 0 Å². The summed E-state index contributed by atoms with van der Waals surface area (Å²) in [6.07, 6.45) is 4.94. The van der Waals surface area contributed by atoms with E-state index in [0.717, 1.165) is 19.5 Å². The zero-order chi connectivity index (χ0) is 12.0. The van der Waals surface area contributed by atoms with Gasteiger partial charge in [-0.3, -0.25) is 4.90 Å². The van der Waals surface area contributed by atoms with Crippen molar-refractivity contribution in [2.75, 3.05) is 26.7 Å². The van der Waals surface area contributed by atoms with Crippen LogP contribution < -0.4 is 5.32 Å². The molecule has 1 heterocycles. The van der Waals surface area contributed by atoms with Crippen LogP contribution in [0, 0.1) is 16.7 Å². The third-order valence-corrected chi connectivity index (χ3v) is 3.52. The van der Waals surface area contributed by atoms with Gasteiger partial charge in [0.25, 0.3) is 0 Å². The molecule has 0 bridgehead atoms. The summed E-state index contributed by atoms with van der Waals surface area (Å²) in [6.45, 7) is 7.40. The predicted octanol–water partition coefficient (Wildman–Crippen LogP) is 2.00. The maximum atomic E-state index is 9.01. The van der Waals surface area contributed by atoms with Gasteiger partial charge in [0.15, 0.2) is 0 Å². The molecule has 1 saturated heterocycles. The highest BCUT2D eigenvalue weighted by molar-refractivity contribution is 4.92. The van der Waals surface area contributed by atoms with Crippen LogP contribution in [-0.4, -0.2) is 37.6 Å². The molecule has 1 aliphatic rings. The van der Waals surface area contributed by atoms with Gasteiger partial charge in [-0.2, -0.15) is 5.26 Å². The highest BCUT2D eigenvalue weighted by atomic mass is 15.2. The Morgan fingerprint density at radius 2 is 2.19 bits per heavy atom. The van der Waals surface area contributed by atoms with Crippen molar-refractivity contribution in [1.82, 2.24) is 10.2 Å². The number of nitrogens with zero attached hydrogens (tertiary/aromatic N) is 2. The number of likely N-dealkylation sites (N-methyl/N-ethyl adjacent to an activating group) is 1. The molecule has 0 radical (unpaired) electrons. The van der Waals surface area contributed by atoms with E-state index in [9.17, 15) is 0 Å². The summed E-state index contributed by atoms with van der Waals surface area (Å²) >= 11 is 0. The van der Waals surface area contributed by atoms with Crippen molar-refractivity contribution in [1.29, 1.82) is 5.26 Å². The van der Waals surface area contributed by atoms with Gasteiger partial charge >= 0.3 is 0 Å². The van der Waals surface area contributed by atoms with Crippen molar-refractivity contribution in [2.45, 2.75) is 45.6 Å². The zero-order valence-corrected chi connectivity index (χ0v) is 10.9. The first-order valence-corrected chi connectivity index (χ1v) is 6.39. The molecule has 3 nitrogen and oxygen atoms in total. The molecule has 0 aliphatic carbocycles. The normalized spacial score (nSPS) is 23.0. The molecule has 3 heteroatoms. The molecule has 1 fully saturated rings. The molecule has 0 aromatic rings. The fraction of sp³-hybridized carbons (Fsp3) is 0.923. The fourth-order valence-electron chi connectivity index (χ4n) is 2.30. The smallest absolute Gasteiger partial charge is 0.0684 e. The van der Waals surface area contributed by atoms with Crippen LogP contribution in [0.25, 0.3) is 0 Å². The Balaban J connectivity index is 2.41. The summed E-state index contributed by atoms with van der Waals surface area (Å²) in [5.41, 5.74) is -0.179. The van der Waals surface area contributed by atoms with E-state index in [0.29, 0.717) is 6.04 Å². The molecule has 0 aromatic heterocycles. The second kappa shape index (κ2) is 6.22. The third kappa shape index (κ3) is 4.11. The highest BCUT2D eigenvalue weighted by Gasteiger charge is 2.24. The number of nitrogens with one attached hydrogen (secondary N) is 1. The van der Waals surface area contributed by atoms with Crippen LogP contribution in [0.15, 0.2) is 0 Å². The van der Waals surface area contributed by atoms with E-state index in [-0.39, 0.29) is 5.41 Å². The van der Waals surface area contributed by atoms with Gasteiger partial charge in [0, 0.05) is 12.6 Å².